The Morgan fingerprint density at radius 3 is 2.64 bits per heavy atom. The van der Waals surface area contributed by atoms with Gasteiger partial charge in [0, 0.05) is 25.0 Å². The summed E-state index contributed by atoms with van der Waals surface area (Å²) >= 11 is 1.38. The molecule has 0 aliphatic rings. The van der Waals surface area contributed by atoms with E-state index in [0.717, 1.165) is 22.2 Å². The van der Waals surface area contributed by atoms with E-state index >= 15 is 0 Å². The van der Waals surface area contributed by atoms with Gasteiger partial charge in [0.2, 0.25) is 11.8 Å². The molecule has 0 spiro atoms. The number of rotatable bonds is 9. The first-order valence-electron chi connectivity index (χ1n) is 9.25. The molecule has 28 heavy (non-hydrogen) atoms. The third-order valence-corrected chi connectivity index (χ3v) is 5.21. The molecule has 0 fully saturated rings. The van der Waals surface area contributed by atoms with Crippen molar-refractivity contribution in [1.82, 2.24) is 19.9 Å². The quantitative estimate of drug-likeness (QED) is 0.588. The number of primary amides is 1. The van der Waals surface area contributed by atoms with Crippen LogP contribution in [0.15, 0.2) is 24.3 Å². The lowest BCUT2D eigenvalue weighted by Crippen LogP contribution is -2.52. The van der Waals surface area contributed by atoms with Crippen molar-refractivity contribution in [2.24, 2.45) is 5.73 Å². The molecule has 0 bridgehead atoms. The van der Waals surface area contributed by atoms with Crippen LogP contribution < -0.4 is 16.4 Å². The molecular weight excluding hydrogens is 378 g/mol. The number of carbonyl (C=O) groups is 3. The van der Waals surface area contributed by atoms with Gasteiger partial charge in [0.25, 0.3) is 0 Å². The molecule has 1 aromatic carbocycles. The van der Waals surface area contributed by atoms with Crippen molar-refractivity contribution in [2.75, 3.05) is 13.6 Å². The molecule has 1 heterocycles. The number of likely N-dealkylation sites (N-methyl/N-ethyl adjacent to an activating group) is 1. The number of carbonyl (C=O) groups excluding carboxylic acids is 3. The number of aromatic nitrogens is 1. The molecule has 9 heteroatoms. The number of fused-ring (bicyclic) bond motifs is 1. The molecule has 2 atom stereocenters. The fourth-order valence-corrected chi connectivity index (χ4v) is 3.77. The molecule has 2 aromatic rings. The van der Waals surface area contributed by atoms with E-state index in [2.05, 4.69) is 15.0 Å². The molecule has 0 radical (unpaired) electrons. The highest BCUT2D eigenvalue weighted by Crippen LogP contribution is 2.22. The van der Waals surface area contributed by atoms with Crippen LogP contribution >= 0.6 is 11.5 Å². The number of nitrogens with two attached hydrogens (primary N) is 1. The van der Waals surface area contributed by atoms with Crippen LogP contribution in [0.1, 0.15) is 32.4 Å². The minimum absolute atomic E-state index is 0.0717. The maximum absolute atomic E-state index is 12.6. The van der Waals surface area contributed by atoms with Gasteiger partial charge in [0.1, 0.15) is 6.04 Å². The zero-order valence-electron chi connectivity index (χ0n) is 16.4. The fraction of sp³-hybridized carbons (Fsp3) is 0.474. The summed E-state index contributed by atoms with van der Waals surface area (Å²) in [5.41, 5.74) is 5.90. The molecule has 4 N–H and O–H groups in total. The van der Waals surface area contributed by atoms with Gasteiger partial charge in [-0.3, -0.25) is 9.59 Å². The van der Waals surface area contributed by atoms with E-state index in [-0.39, 0.29) is 24.3 Å². The van der Waals surface area contributed by atoms with E-state index in [1.54, 1.807) is 11.9 Å². The molecule has 2 rings (SSSR count). The Balaban J connectivity index is 1.90. The summed E-state index contributed by atoms with van der Waals surface area (Å²) in [4.78, 5) is 37.5. The Labute approximate surface area is 168 Å². The largest absolute Gasteiger partial charge is 0.352 e. The van der Waals surface area contributed by atoms with E-state index in [4.69, 9.17) is 5.73 Å². The SMILES string of the molecule is CCC[C@@H](NC(N)=O)C(=O)NC(C)CN(C)C(=O)Cc1nsc2ccccc12. The van der Waals surface area contributed by atoms with Crippen molar-refractivity contribution in [3.8, 4) is 0 Å². The van der Waals surface area contributed by atoms with Gasteiger partial charge < -0.3 is 21.3 Å². The molecule has 0 aliphatic heterocycles. The zero-order chi connectivity index (χ0) is 20.7. The molecule has 1 unspecified atom stereocenters. The smallest absolute Gasteiger partial charge is 0.312 e. The summed E-state index contributed by atoms with van der Waals surface area (Å²) in [5, 5.41) is 6.27. The van der Waals surface area contributed by atoms with Gasteiger partial charge in [-0.15, -0.1) is 0 Å². The van der Waals surface area contributed by atoms with Gasteiger partial charge >= 0.3 is 6.03 Å². The van der Waals surface area contributed by atoms with Gasteiger partial charge in [-0.05, 0) is 30.9 Å². The molecular formula is C19H27N5O3S. The zero-order valence-corrected chi connectivity index (χ0v) is 17.2. The van der Waals surface area contributed by atoms with Crippen LogP contribution in [0.5, 0.6) is 0 Å². The van der Waals surface area contributed by atoms with Crippen molar-refractivity contribution >= 4 is 39.5 Å². The lowest BCUT2D eigenvalue weighted by molar-refractivity contribution is -0.130. The van der Waals surface area contributed by atoms with Crippen molar-refractivity contribution in [1.29, 1.82) is 0 Å². The number of hydrogen-bond donors (Lipinski definition) is 3. The van der Waals surface area contributed by atoms with Crippen LogP contribution in [0.25, 0.3) is 10.1 Å². The third kappa shape index (κ3) is 5.91. The topological polar surface area (TPSA) is 117 Å². The minimum atomic E-state index is -0.732. The van der Waals surface area contributed by atoms with Crippen LogP contribution in [-0.4, -0.2) is 52.8 Å². The summed E-state index contributed by atoms with van der Waals surface area (Å²) in [6.07, 6.45) is 1.43. The van der Waals surface area contributed by atoms with E-state index in [9.17, 15) is 14.4 Å². The van der Waals surface area contributed by atoms with Gasteiger partial charge in [-0.2, -0.15) is 4.37 Å². The molecule has 4 amide bonds. The lowest BCUT2D eigenvalue weighted by Gasteiger charge is -2.24. The summed E-state index contributed by atoms with van der Waals surface area (Å²) in [7, 11) is 1.70. The molecule has 0 saturated carbocycles. The van der Waals surface area contributed by atoms with Gasteiger partial charge in [-0.1, -0.05) is 31.5 Å². The standard InChI is InChI=1S/C19H27N5O3S/c1-4-7-14(22-19(20)27)18(26)21-12(2)11-24(3)17(25)10-15-13-8-5-6-9-16(13)28-23-15/h5-6,8-9,12,14H,4,7,10-11H2,1-3H3,(H,21,26)(H3,20,22,27)/t12?,14-/m1/s1. The third-order valence-electron chi connectivity index (χ3n) is 4.34. The Kier molecular flexibility index (Phi) is 7.74. The second-order valence-electron chi connectivity index (χ2n) is 6.84. The molecule has 152 valence electrons. The monoisotopic (exact) mass is 405 g/mol. The van der Waals surface area contributed by atoms with Crippen molar-refractivity contribution in [3.63, 3.8) is 0 Å². The van der Waals surface area contributed by atoms with Crippen molar-refractivity contribution in [2.45, 2.75) is 45.2 Å². The van der Waals surface area contributed by atoms with E-state index in [1.807, 2.05) is 38.1 Å². The lowest BCUT2D eigenvalue weighted by atomic mass is 10.1. The minimum Gasteiger partial charge on any atom is -0.352 e. The van der Waals surface area contributed by atoms with Crippen molar-refractivity contribution < 1.29 is 14.4 Å². The maximum Gasteiger partial charge on any atom is 0.312 e. The Hall–Kier alpha value is -2.68. The normalized spacial score (nSPS) is 13.0. The Bertz CT molecular complexity index is 838. The molecule has 0 aliphatic carbocycles. The highest BCUT2D eigenvalue weighted by Gasteiger charge is 2.22. The summed E-state index contributed by atoms with van der Waals surface area (Å²) in [6, 6.07) is 6.14. The maximum atomic E-state index is 12.6. The summed E-state index contributed by atoms with van der Waals surface area (Å²) in [6.45, 7) is 4.08. The average molecular weight is 406 g/mol. The number of nitrogens with zero attached hydrogens (tertiary/aromatic N) is 2. The Morgan fingerprint density at radius 1 is 1.25 bits per heavy atom. The van der Waals surface area contributed by atoms with Crippen molar-refractivity contribution in [3.05, 3.63) is 30.0 Å². The van der Waals surface area contributed by atoms with Gasteiger partial charge in [0.15, 0.2) is 0 Å². The van der Waals surface area contributed by atoms with E-state index < -0.39 is 12.1 Å². The number of urea groups is 1. The van der Waals surface area contributed by atoms with Crippen LogP contribution in [0.3, 0.4) is 0 Å². The number of benzene rings is 1. The van der Waals surface area contributed by atoms with E-state index in [0.29, 0.717) is 13.0 Å². The molecule has 8 nitrogen and oxygen atoms in total. The Morgan fingerprint density at radius 2 is 1.96 bits per heavy atom. The number of hydrogen-bond acceptors (Lipinski definition) is 5. The van der Waals surface area contributed by atoms with Crippen LogP contribution in [0.4, 0.5) is 4.79 Å². The van der Waals surface area contributed by atoms with Gasteiger partial charge in [0.05, 0.1) is 16.8 Å². The van der Waals surface area contributed by atoms with Crippen LogP contribution in [0.2, 0.25) is 0 Å². The van der Waals surface area contributed by atoms with Gasteiger partial charge in [-0.25, -0.2) is 4.79 Å². The summed E-state index contributed by atoms with van der Waals surface area (Å²) in [5.74, 6) is -0.378. The first-order chi connectivity index (χ1) is 13.3. The first-order valence-corrected chi connectivity index (χ1v) is 10.0. The average Bonchev–Trinajstić information content (AvgIpc) is 3.03. The van der Waals surface area contributed by atoms with Crippen LogP contribution in [-0.2, 0) is 16.0 Å². The highest BCUT2D eigenvalue weighted by atomic mass is 32.1. The fourth-order valence-electron chi connectivity index (χ4n) is 2.97. The second-order valence-corrected chi connectivity index (χ2v) is 7.64. The molecule has 0 saturated heterocycles. The predicted octanol–water partition coefficient (Wildman–Crippen LogP) is 1.64. The predicted molar refractivity (Wildman–Crippen MR) is 110 cm³/mol. The number of amides is 4. The van der Waals surface area contributed by atoms with E-state index in [1.165, 1.54) is 11.5 Å². The van der Waals surface area contributed by atoms with Crippen LogP contribution in [0, 0.1) is 0 Å². The summed E-state index contributed by atoms with van der Waals surface area (Å²) < 4.78 is 5.44. The molecule has 1 aromatic heterocycles. The number of nitrogens with one attached hydrogen (secondary N) is 2. The highest BCUT2D eigenvalue weighted by molar-refractivity contribution is 7.13. The second kappa shape index (κ2) is 10.0. The first kappa shape index (κ1) is 21.6.